The van der Waals surface area contributed by atoms with Crippen LogP contribution in [-0.2, 0) is 4.79 Å². The van der Waals surface area contributed by atoms with Crippen LogP contribution in [0.25, 0.3) is 0 Å². The molecule has 0 amide bonds. The molecule has 0 heterocycles. The van der Waals surface area contributed by atoms with Gasteiger partial charge in [-0.25, -0.2) is 0 Å². The van der Waals surface area contributed by atoms with Gasteiger partial charge in [-0.15, -0.1) is 0 Å². The van der Waals surface area contributed by atoms with Gasteiger partial charge in [-0.05, 0) is 46.8 Å². The van der Waals surface area contributed by atoms with Gasteiger partial charge in [-0.2, -0.15) is 0 Å². The van der Waals surface area contributed by atoms with Crippen LogP contribution in [0.1, 0.15) is 32.6 Å². The number of nitrogens with two attached hydrogens (primary N) is 1. The summed E-state index contributed by atoms with van der Waals surface area (Å²) >= 11 is 0. The lowest BCUT2D eigenvalue weighted by atomic mass is 10.1. The molecule has 1 atom stereocenters. The second-order valence-corrected chi connectivity index (χ2v) is 4.14. The molecule has 5 heteroatoms. The minimum atomic E-state index is -0.740. The van der Waals surface area contributed by atoms with Crippen molar-refractivity contribution in [3.8, 4) is 0 Å². The van der Waals surface area contributed by atoms with Gasteiger partial charge in [-0.1, -0.05) is 0 Å². The molecule has 98 valence electrons. The minimum Gasteiger partial charge on any atom is -0.481 e. The molecule has 5 nitrogen and oxygen atoms in total. The fourth-order valence-electron chi connectivity index (χ4n) is 0.962. The van der Waals surface area contributed by atoms with E-state index in [1.165, 1.54) is 0 Å². The summed E-state index contributed by atoms with van der Waals surface area (Å²) in [5, 5.41) is 16.5. The number of aliphatic carboxylic acids is 1. The molecule has 0 aromatic carbocycles. The lowest BCUT2D eigenvalue weighted by molar-refractivity contribution is -0.137. The molecule has 0 spiro atoms. The van der Waals surface area contributed by atoms with Gasteiger partial charge in [0.05, 0.1) is 0 Å². The molecule has 0 aliphatic carbocycles. The number of carbonyl (C=O) groups is 1. The first-order valence-corrected chi connectivity index (χ1v) is 5.63. The molecule has 0 rings (SSSR count). The van der Waals surface area contributed by atoms with Crippen molar-refractivity contribution in [3.63, 3.8) is 0 Å². The van der Waals surface area contributed by atoms with Crippen molar-refractivity contribution in [1.29, 1.82) is 0 Å². The number of hydrogen-bond donors (Lipinski definition) is 3. The molecule has 0 fully saturated rings. The summed E-state index contributed by atoms with van der Waals surface area (Å²) in [6.07, 6.45) is 2.60. The molecule has 0 bridgehead atoms. The van der Waals surface area contributed by atoms with E-state index in [4.69, 9.17) is 15.9 Å². The van der Waals surface area contributed by atoms with Gasteiger partial charge >= 0.3 is 5.97 Å². The van der Waals surface area contributed by atoms with Gasteiger partial charge in [0.25, 0.3) is 0 Å². The quantitative estimate of drug-likeness (QED) is 0.598. The largest absolute Gasteiger partial charge is 0.481 e. The highest BCUT2D eigenvalue weighted by atomic mass is 16.4. The predicted octanol–water partition coefficient (Wildman–Crippen LogP) is 0.519. The molecule has 0 aromatic rings. The van der Waals surface area contributed by atoms with E-state index in [1.807, 2.05) is 21.0 Å². The molecule has 0 radical (unpaired) electrons. The van der Waals surface area contributed by atoms with Crippen LogP contribution in [0.4, 0.5) is 0 Å². The van der Waals surface area contributed by atoms with Crippen LogP contribution in [0.3, 0.4) is 0 Å². The number of aliphatic hydroxyl groups excluding tert-OH is 1. The molecule has 4 N–H and O–H groups in total. The van der Waals surface area contributed by atoms with Crippen molar-refractivity contribution in [2.75, 3.05) is 27.2 Å². The summed E-state index contributed by atoms with van der Waals surface area (Å²) in [7, 11) is 3.99. The molecular weight excluding hydrogens is 208 g/mol. The average Bonchev–Trinajstić information content (AvgIpc) is 2.14. The standard InChI is InChI=1S/C6H13NO2.C5H13NO/c1-5(7)3-2-4-6(8)9;1-6(2)4-3-5-7/h5H,2-4,7H2,1H3,(H,8,9);7H,3-5H2,1-2H3. The molecule has 0 aliphatic heterocycles. The van der Waals surface area contributed by atoms with E-state index < -0.39 is 5.97 Å². The van der Waals surface area contributed by atoms with E-state index in [2.05, 4.69) is 4.90 Å². The predicted molar refractivity (Wildman–Crippen MR) is 65.4 cm³/mol. The van der Waals surface area contributed by atoms with E-state index in [9.17, 15) is 4.79 Å². The zero-order chi connectivity index (χ0) is 13.0. The van der Waals surface area contributed by atoms with E-state index in [-0.39, 0.29) is 12.5 Å². The zero-order valence-electron chi connectivity index (χ0n) is 10.6. The van der Waals surface area contributed by atoms with Gasteiger partial charge in [0.15, 0.2) is 0 Å². The van der Waals surface area contributed by atoms with Crippen molar-refractivity contribution in [3.05, 3.63) is 0 Å². The Balaban J connectivity index is 0. The Kier molecular flexibility index (Phi) is 13.8. The third kappa shape index (κ3) is 23.3. The van der Waals surface area contributed by atoms with Crippen molar-refractivity contribution in [2.45, 2.75) is 38.6 Å². The number of carboxylic acids is 1. The average molecular weight is 234 g/mol. The van der Waals surface area contributed by atoms with Crippen LogP contribution in [0.5, 0.6) is 0 Å². The monoisotopic (exact) mass is 234 g/mol. The van der Waals surface area contributed by atoms with Gasteiger partial charge in [0, 0.05) is 19.1 Å². The number of aliphatic hydroxyl groups is 1. The minimum absolute atomic E-state index is 0.129. The van der Waals surface area contributed by atoms with Crippen LogP contribution < -0.4 is 5.73 Å². The number of rotatable bonds is 7. The zero-order valence-corrected chi connectivity index (χ0v) is 10.6. The first-order valence-electron chi connectivity index (χ1n) is 5.63. The lowest BCUT2D eigenvalue weighted by Crippen LogP contribution is -2.14. The molecule has 1 unspecified atom stereocenters. The third-order valence-electron chi connectivity index (χ3n) is 1.81. The topological polar surface area (TPSA) is 86.8 Å². The Hall–Kier alpha value is -0.650. The SMILES string of the molecule is CC(N)CCCC(=O)O.CN(C)CCCO. The summed E-state index contributed by atoms with van der Waals surface area (Å²) in [6, 6.07) is 0.129. The molecule has 0 saturated heterocycles. The molecule has 0 aromatic heterocycles. The Bertz CT molecular complexity index is 161. The van der Waals surface area contributed by atoms with E-state index >= 15 is 0 Å². The Labute approximate surface area is 98.2 Å². The van der Waals surface area contributed by atoms with Gasteiger partial charge in [-0.3, -0.25) is 4.79 Å². The maximum absolute atomic E-state index is 9.94. The maximum Gasteiger partial charge on any atom is 0.303 e. The van der Waals surface area contributed by atoms with Gasteiger partial charge in [0.1, 0.15) is 0 Å². The van der Waals surface area contributed by atoms with Crippen molar-refractivity contribution in [2.24, 2.45) is 5.73 Å². The van der Waals surface area contributed by atoms with E-state index in [1.54, 1.807) is 0 Å². The number of nitrogens with zero attached hydrogens (tertiary/aromatic N) is 1. The van der Waals surface area contributed by atoms with Crippen molar-refractivity contribution < 1.29 is 15.0 Å². The maximum atomic E-state index is 9.94. The highest BCUT2D eigenvalue weighted by molar-refractivity contribution is 5.66. The summed E-state index contributed by atoms with van der Waals surface area (Å²) in [5.41, 5.74) is 5.39. The second-order valence-electron chi connectivity index (χ2n) is 4.14. The summed E-state index contributed by atoms with van der Waals surface area (Å²) in [4.78, 5) is 12.0. The Morgan fingerprint density at radius 2 is 1.94 bits per heavy atom. The summed E-state index contributed by atoms with van der Waals surface area (Å²) < 4.78 is 0. The van der Waals surface area contributed by atoms with Crippen LogP contribution in [-0.4, -0.2) is 54.4 Å². The number of hydrogen-bond acceptors (Lipinski definition) is 4. The highest BCUT2D eigenvalue weighted by Crippen LogP contribution is 1.97. The first kappa shape index (κ1) is 17.7. The smallest absolute Gasteiger partial charge is 0.303 e. The lowest BCUT2D eigenvalue weighted by Gasteiger charge is -2.05. The van der Waals surface area contributed by atoms with Gasteiger partial charge < -0.3 is 20.8 Å². The molecule has 0 aliphatic rings. The Morgan fingerprint density at radius 3 is 2.19 bits per heavy atom. The third-order valence-corrected chi connectivity index (χ3v) is 1.81. The van der Waals surface area contributed by atoms with Crippen LogP contribution in [0, 0.1) is 0 Å². The van der Waals surface area contributed by atoms with Gasteiger partial charge in [0.2, 0.25) is 0 Å². The normalized spacial score (nSPS) is 11.9. The molecular formula is C11H26N2O3. The highest BCUT2D eigenvalue weighted by Gasteiger charge is 1.97. The van der Waals surface area contributed by atoms with Crippen LogP contribution >= 0.6 is 0 Å². The fourth-order valence-corrected chi connectivity index (χ4v) is 0.962. The van der Waals surface area contributed by atoms with E-state index in [0.717, 1.165) is 19.4 Å². The summed E-state index contributed by atoms with van der Waals surface area (Å²) in [6.45, 7) is 3.16. The van der Waals surface area contributed by atoms with Crippen molar-refractivity contribution in [1.82, 2.24) is 4.90 Å². The first-order chi connectivity index (χ1) is 7.40. The number of carboxylic acid groups (broad SMARTS) is 1. The fraction of sp³-hybridized carbons (Fsp3) is 0.909. The Morgan fingerprint density at radius 1 is 1.38 bits per heavy atom. The molecule has 0 saturated carbocycles. The van der Waals surface area contributed by atoms with Crippen LogP contribution in [0.15, 0.2) is 0 Å². The summed E-state index contributed by atoms with van der Waals surface area (Å²) in [5.74, 6) is -0.740. The van der Waals surface area contributed by atoms with E-state index in [0.29, 0.717) is 13.0 Å². The van der Waals surface area contributed by atoms with Crippen molar-refractivity contribution >= 4 is 5.97 Å². The second kappa shape index (κ2) is 12.4. The molecule has 16 heavy (non-hydrogen) atoms. The van der Waals surface area contributed by atoms with Crippen LogP contribution in [0.2, 0.25) is 0 Å².